The Balaban J connectivity index is 1.69. The van der Waals surface area contributed by atoms with E-state index in [4.69, 9.17) is 14.0 Å². The first kappa shape index (κ1) is 21.3. The number of hydrogen-bond donors (Lipinski definition) is 1. The molecule has 26 heavy (non-hydrogen) atoms. The van der Waals surface area contributed by atoms with E-state index in [0.29, 0.717) is 0 Å². The summed E-state index contributed by atoms with van der Waals surface area (Å²) in [6.45, 7) is 16.6. The van der Waals surface area contributed by atoms with Crippen LogP contribution in [0.1, 0.15) is 61.3 Å². The summed E-state index contributed by atoms with van der Waals surface area (Å²) < 4.78 is 17.3. The van der Waals surface area contributed by atoms with E-state index in [9.17, 15) is 4.79 Å². The highest BCUT2D eigenvalue weighted by molar-refractivity contribution is 6.51. The largest absolute Gasteiger partial charge is 0.486 e. The van der Waals surface area contributed by atoms with Gasteiger partial charge in [0.05, 0.1) is 11.2 Å². The maximum atomic E-state index is 11.8. The normalized spacial score (nSPS) is 24.2. The molecule has 0 aromatic rings. The molecule has 7 heteroatoms. The Morgan fingerprint density at radius 1 is 1.19 bits per heavy atom. The second kappa shape index (κ2) is 7.91. The molecule has 1 amide bonds. The number of nitrogens with one attached hydrogen (secondary N) is 1. The molecule has 1 N–H and O–H groups in total. The van der Waals surface area contributed by atoms with Gasteiger partial charge in [-0.2, -0.15) is 0 Å². The van der Waals surface area contributed by atoms with E-state index < -0.39 is 5.60 Å². The van der Waals surface area contributed by atoms with Crippen molar-refractivity contribution in [3.63, 3.8) is 0 Å². The highest BCUT2D eigenvalue weighted by Crippen LogP contribution is 2.36. The van der Waals surface area contributed by atoms with Crippen molar-refractivity contribution in [1.82, 2.24) is 10.2 Å². The number of carbonyl (C=O) groups is 1. The molecule has 148 valence electrons. The lowest BCUT2D eigenvalue weighted by molar-refractivity contribution is 0.00578. The summed E-state index contributed by atoms with van der Waals surface area (Å²) in [6, 6.07) is 0.188. The summed E-state index contributed by atoms with van der Waals surface area (Å²) in [5, 5.41) is 2.97. The average molecular weight is 366 g/mol. The molecule has 0 radical (unpaired) electrons. The molecule has 0 atom stereocenters. The summed E-state index contributed by atoms with van der Waals surface area (Å²) >= 11 is 0. The first-order valence-electron chi connectivity index (χ1n) is 9.62. The predicted molar refractivity (Wildman–Crippen MR) is 104 cm³/mol. The van der Waals surface area contributed by atoms with Gasteiger partial charge < -0.3 is 19.4 Å². The van der Waals surface area contributed by atoms with Gasteiger partial charge in [0, 0.05) is 25.7 Å². The van der Waals surface area contributed by atoms with Crippen LogP contribution >= 0.6 is 0 Å². The van der Waals surface area contributed by atoms with Crippen molar-refractivity contribution >= 4 is 13.2 Å². The van der Waals surface area contributed by atoms with E-state index in [0.717, 1.165) is 32.5 Å². The second-order valence-electron chi connectivity index (χ2n) is 9.27. The highest BCUT2D eigenvalue weighted by atomic mass is 16.7. The van der Waals surface area contributed by atoms with E-state index in [2.05, 4.69) is 44.0 Å². The Bertz CT molecular complexity index is 504. The topological polar surface area (TPSA) is 60.0 Å². The number of likely N-dealkylation sites (tertiary alicyclic amines) is 1. The Labute approximate surface area is 158 Å². The molecular formula is C19H35BN2O4. The summed E-state index contributed by atoms with van der Waals surface area (Å²) in [7, 11) is -0.286. The van der Waals surface area contributed by atoms with E-state index >= 15 is 0 Å². The zero-order chi connectivity index (χ0) is 19.6. The van der Waals surface area contributed by atoms with Gasteiger partial charge in [0.15, 0.2) is 0 Å². The van der Waals surface area contributed by atoms with Crippen LogP contribution in [0.2, 0.25) is 0 Å². The molecule has 2 heterocycles. The molecule has 0 bridgehead atoms. The average Bonchev–Trinajstić information content (AvgIpc) is 2.66. The molecule has 2 aliphatic heterocycles. The minimum Gasteiger partial charge on any atom is -0.444 e. The van der Waals surface area contributed by atoms with Crippen LogP contribution in [0.4, 0.5) is 4.79 Å². The lowest BCUT2D eigenvalue weighted by Crippen LogP contribution is -2.46. The van der Waals surface area contributed by atoms with Gasteiger partial charge in [-0.1, -0.05) is 12.1 Å². The predicted octanol–water partition coefficient (Wildman–Crippen LogP) is 3.16. The molecule has 0 aromatic carbocycles. The monoisotopic (exact) mass is 366 g/mol. The molecule has 0 aliphatic carbocycles. The van der Waals surface area contributed by atoms with Crippen molar-refractivity contribution in [2.24, 2.45) is 0 Å². The van der Waals surface area contributed by atoms with E-state index in [1.807, 2.05) is 26.7 Å². The molecule has 0 saturated carbocycles. The van der Waals surface area contributed by atoms with Gasteiger partial charge in [-0.3, -0.25) is 4.90 Å². The maximum absolute atomic E-state index is 11.8. The number of ether oxygens (including phenoxy) is 1. The standard InChI is InChI=1S/C19H35BN2O4/c1-17(2,3)24-16(23)21-15-9-13-22(14-10-15)12-8-11-20-25-18(4,5)19(6,7)26-20/h8,11,15H,9-10,12-14H2,1-7H3,(H,21,23)/b11-8+. The van der Waals surface area contributed by atoms with Gasteiger partial charge in [-0.05, 0) is 61.3 Å². The fourth-order valence-corrected chi connectivity index (χ4v) is 3.02. The van der Waals surface area contributed by atoms with Crippen molar-refractivity contribution in [2.75, 3.05) is 19.6 Å². The van der Waals surface area contributed by atoms with Crippen LogP contribution in [-0.2, 0) is 14.0 Å². The quantitative estimate of drug-likeness (QED) is 0.775. The van der Waals surface area contributed by atoms with Crippen LogP contribution < -0.4 is 5.32 Å². The van der Waals surface area contributed by atoms with Gasteiger partial charge in [-0.25, -0.2) is 4.79 Å². The Kier molecular flexibility index (Phi) is 6.46. The van der Waals surface area contributed by atoms with Crippen LogP contribution in [0.5, 0.6) is 0 Å². The Hall–Kier alpha value is -1.05. The van der Waals surface area contributed by atoms with Crippen molar-refractivity contribution in [3.8, 4) is 0 Å². The summed E-state index contributed by atoms with van der Waals surface area (Å²) in [4.78, 5) is 14.2. The Morgan fingerprint density at radius 3 is 2.23 bits per heavy atom. The third kappa shape index (κ3) is 6.00. The first-order chi connectivity index (χ1) is 11.9. The summed E-state index contributed by atoms with van der Waals surface area (Å²) in [5.41, 5.74) is -1.05. The lowest BCUT2D eigenvalue weighted by Gasteiger charge is -2.32. The zero-order valence-corrected chi connectivity index (χ0v) is 17.4. The number of amides is 1. The molecule has 2 saturated heterocycles. The number of piperidine rings is 1. The molecule has 2 rings (SSSR count). The van der Waals surface area contributed by atoms with Crippen molar-refractivity contribution in [2.45, 2.75) is 84.2 Å². The smallest absolute Gasteiger partial charge is 0.444 e. The molecule has 0 spiro atoms. The summed E-state index contributed by atoms with van der Waals surface area (Å²) in [5.74, 6) is 2.00. The van der Waals surface area contributed by atoms with Gasteiger partial charge >= 0.3 is 13.2 Å². The third-order valence-corrected chi connectivity index (χ3v) is 5.24. The molecular weight excluding hydrogens is 331 g/mol. The number of rotatable bonds is 4. The SMILES string of the molecule is CC(C)(C)OC(=O)NC1CCN(C/C=C/B2OC(C)(C)C(C)(C)O2)CC1. The van der Waals surface area contributed by atoms with Crippen LogP contribution in [0.25, 0.3) is 0 Å². The molecule has 2 aliphatic rings. The lowest BCUT2D eigenvalue weighted by atomic mass is 9.90. The van der Waals surface area contributed by atoms with Gasteiger partial charge in [-0.15, -0.1) is 0 Å². The first-order valence-corrected chi connectivity index (χ1v) is 9.62. The minimum atomic E-state index is -0.455. The van der Waals surface area contributed by atoms with Crippen LogP contribution in [-0.4, -0.2) is 60.6 Å². The van der Waals surface area contributed by atoms with Gasteiger partial charge in [0.2, 0.25) is 0 Å². The van der Waals surface area contributed by atoms with E-state index in [1.165, 1.54) is 0 Å². The third-order valence-electron chi connectivity index (χ3n) is 5.24. The maximum Gasteiger partial charge on any atom is 0.486 e. The van der Waals surface area contributed by atoms with E-state index in [-0.39, 0.29) is 30.5 Å². The molecule has 0 unspecified atom stereocenters. The van der Waals surface area contributed by atoms with Crippen molar-refractivity contribution in [1.29, 1.82) is 0 Å². The Morgan fingerprint density at radius 2 is 1.73 bits per heavy atom. The second-order valence-corrected chi connectivity index (χ2v) is 9.27. The van der Waals surface area contributed by atoms with Crippen LogP contribution in [0.15, 0.2) is 12.1 Å². The number of alkyl carbamates (subject to hydrolysis) is 1. The molecule has 0 aromatic heterocycles. The molecule has 6 nitrogen and oxygen atoms in total. The number of hydrogen-bond acceptors (Lipinski definition) is 5. The van der Waals surface area contributed by atoms with Gasteiger partial charge in [0.25, 0.3) is 0 Å². The van der Waals surface area contributed by atoms with E-state index in [1.54, 1.807) is 0 Å². The highest BCUT2D eigenvalue weighted by Gasteiger charge is 2.49. The fourth-order valence-electron chi connectivity index (χ4n) is 3.02. The van der Waals surface area contributed by atoms with Gasteiger partial charge in [0.1, 0.15) is 5.60 Å². The summed E-state index contributed by atoms with van der Waals surface area (Å²) in [6.07, 6.45) is 3.66. The number of carbonyl (C=O) groups excluding carboxylic acids is 1. The number of nitrogens with zero attached hydrogens (tertiary/aromatic N) is 1. The van der Waals surface area contributed by atoms with Crippen LogP contribution in [0, 0.1) is 0 Å². The fraction of sp³-hybridized carbons (Fsp3) is 0.842. The van der Waals surface area contributed by atoms with Crippen molar-refractivity contribution in [3.05, 3.63) is 12.1 Å². The van der Waals surface area contributed by atoms with Crippen molar-refractivity contribution < 1.29 is 18.8 Å². The zero-order valence-electron chi connectivity index (χ0n) is 17.4. The van der Waals surface area contributed by atoms with Crippen LogP contribution in [0.3, 0.4) is 0 Å². The minimum absolute atomic E-state index is 0.188. The molecule has 2 fully saturated rings.